The van der Waals surface area contributed by atoms with E-state index in [1.54, 1.807) is 6.07 Å². The maximum Gasteiger partial charge on any atom is 0.246 e. The van der Waals surface area contributed by atoms with E-state index < -0.39 is 20.0 Å². The Morgan fingerprint density at radius 3 is 1.56 bits per heavy atom. The van der Waals surface area contributed by atoms with Crippen LogP contribution in [0.25, 0.3) is 0 Å². The number of benzene rings is 2. The number of hydrogen-bond donors (Lipinski definition) is 0. The second-order valence-corrected chi connectivity index (χ2v) is 10.7. The summed E-state index contributed by atoms with van der Waals surface area (Å²) in [5, 5.41) is 0. The van der Waals surface area contributed by atoms with E-state index in [0.717, 1.165) is 0 Å². The molecule has 1 heterocycles. The van der Waals surface area contributed by atoms with Crippen LogP contribution in [0.1, 0.15) is 0 Å². The largest absolute Gasteiger partial charge is 0.497 e. The van der Waals surface area contributed by atoms with Gasteiger partial charge in [-0.2, -0.15) is 8.61 Å². The highest BCUT2D eigenvalue weighted by Gasteiger charge is 2.36. The lowest BCUT2D eigenvalue weighted by Crippen LogP contribution is -2.50. The third-order valence-corrected chi connectivity index (χ3v) is 9.03. The molecule has 0 spiro atoms. The maximum absolute atomic E-state index is 13.2. The SMILES string of the molecule is COc1ccc(S(=O)(=O)N2CCN(S(=O)(=O)c3cc(OC)ccc3OC)CC2)c(OC)c1. The lowest BCUT2D eigenvalue weighted by atomic mass is 10.3. The highest BCUT2D eigenvalue weighted by Crippen LogP contribution is 2.33. The number of ether oxygens (including phenoxy) is 4. The Morgan fingerprint density at radius 2 is 1.06 bits per heavy atom. The van der Waals surface area contributed by atoms with E-state index >= 15 is 0 Å². The fourth-order valence-electron chi connectivity index (χ4n) is 3.40. The van der Waals surface area contributed by atoms with Crippen LogP contribution in [0.4, 0.5) is 0 Å². The number of hydrogen-bond acceptors (Lipinski definition) is 8. The quantitative estimate of drug-likeness (QED) is 0.551. The van der Waals surface area contributed by atoms with Gasteiger partial charge >= 0.3 is 0 Å². The van der Waals surface area contributed by atoms with Gasteiger partial charge in [-0.15, -0.1) is 0 Å². The second kappa shape index (κ2) is 9.53. The van der Waals surface area contributed by atoms with Gasteiger partial charge in [-0.1, -0.05) is 0 Å². The number of nitrogens with zero attached hydrogens (tertiary/aromatic N) is 2. The van der Waals surface area contributed by atoms with Crippen molar-refractivity contribution in [3.63, 3.8) is 0 Å². The Morgan fingerprint density at radius 1 is 0.594 bits per heavy atom. The van der Waals surface area contributed by atoms with E-state index in [9.17, 15) is 16.8 Å². The van der Waals surface area contributed by atoms with Crippen molar-refractivity contribution < 1.29 is 35.8 Å². The molecule has 0 amide bonds. The zero-order valence-electron chi connectivity index (χ0n) is 18.3. The first kappa shape index (κ1) is 24.1. The summed E-state index contributed by atoms with van der Waals surface area (Å²) in [6, 6.07) is 8.94. The smallest absolute Gasteiger partial charge is 0.246 e. The molecule has 3 rings (SSSR count). The van der Waals surface area contributed by atoms with Gasteiger partial charge in [-0.25, -0.2) is 16.8 Å². The molecule has 0 aliphatic carbocycles. The molecule has 2 aromatic carbocycles. The van der Waals surface area contributed by atoms with Crippen molar-refractivity contribution in [2.24, 2.45) is 0 Å². The van der Waals surface area contributed by atoms with E-state index in [2.05, 4.69) is 0 Å². The minimum Gasteiger partial charge on any atom is -0.497 e. The molecule has 0 saturated carbocycles. The zero-order chi connectivity index (χ0) is 23.5. The van der Waals surface area contributed by atoms with Crippen molar-refractivity contribution in [2.45, 2.75) is 9.79 Å². The van der Waals surface area contributed by atoms with Gasteiger partial charge in [0.15, 0.2) is 0 Å². The molecule has 10 nitrogen and oxygen atoms in total. The maximum atomic E-state index is 13.2. The monoisotopic (exact) mass is 486 g/mol. The summed E-state index contributed by atoms with van der Waals surface area (Å²) in [5.41, 5.74) is 0. The van der Waals surface area contributed by atoms with Crippen molar-refractivity contribution in [1.82, 2.24) is 8.61 Å². The standard InChI is InChI=1S/C20H26N2O8S2/c1-27-15-6-8-19(18(13-15)30-4)31(23,24)21-9-11-22(12-10-21)32(25,26)20-14-16(28-2)5-7-17(20)29-3/h5-8,13-14H,9-12H2,1-4H3. The Kier molecular flexibility index (Phi) is 7.18. The summed E-state index contributed by atoms with van der Waals surface area (Å²) in [6.07, 6.45) is 0. The molecule has 176 valence electrons. The third-order valence-electron chi connectivity index (χ3n) is 5.17. The predicted octanol–water partition coefficient (Wildman–Crippen LogP) is 1.42. The Balaban J connectivity index is 1.83. The lowest BCUT2D eigenvalue weighted by molar-refractivity contribution is 0.271. The Bertz CT molecular complexity index is 1170. The van der Waals surface area contributed by atoms with E-state index in [0.29, 0.717) is 11.5 Å². The number of methoxy groups -OCH3 is 4. The normalized spacial score (nSPS) is 15.9. The van der Waals surface area contributed by atoms with Crippen LogP contribution in [-0.2, 0) is 20.0 Å². The zero-order valence-corrected chi connectivity index (χ0v) is 19.9. The molecule has 0 atom stereocenters. The number of sulfonamides is 2. The summed E-state index contributed by atoms with van der Waals surface area (Å²) in [5.74, 6) is 1.17. The summed E-state index contributed by atoms with van der Waals surface area (Å²) >= 11 is 0. The lowest BCUT2D eigenvalue weighted by Gasteiger charge is -2.33. The molecule has 0 bridgehead atoms. The molecule has 0 N–H and O–H groups in total. The number of rotatable bonds is 8. The molecule has 0 aromatic heterocycles. The molecular formula is C20H26N2O8S2. The Labute approximate surface area is 188 Å². The van der Waals surface area contributed by atoms with Crippen molar-refractivity contribution in [3.8, 4) is 23.0 Å². The molecule has 0 unspecified atom stereocenters. The van der Waals surface area contributed by atoms with Gasteiger partial charge in [0.1, 0.15) is 32.8 Å². The molecule has 2 aromatic rings. The molecule has 1 fully saturated rings. The minimum atomic E-state index is -3.93. The van der Waals surface area contributed by atoms with Crippen LogP contribution in [-0.4, -0.2) is 80.1 Å². The topological polar surface area (TPSA) is 112 Å². The van der Waals surface area contributed by atoms with Gasteiger partial charge in [0.25, 0.3) is 0 Å². The van der Waals surface area contributed by atoms with Gasteiger partial charge in [0.05, 0.1) is 28.4 Å². The molecule has 12 heteroatoms. The van der Waals surface area contributed by atoms with Crippen molar-refractivity contribution in [1.29, 1.82) is 0 Å². The van der Waals surface area contributed by atoms with Crippen molar-refractivity contribution >= 4 is 20.0 Å². The van der Waals surface area contributed by atoms with Crippen LogP contribution in [0.15, 0.2) is 46.2 Å². The van der Waals surface area contributed by atoms with Crippen LogP contribution in [0.5, 0.6) is 23.0 Å². The van der Waals surface area contributed by atoms with Gasteiger partial charge in [-0.3, -0.25) is 0 Å². The fraction of sp³-hybridized carbons (Fsp3) is 0.400. The van der Waals surface area contributed by atoms with Crippen LogP contribution in [0.3, 0.4) is 0 Å². The molecular weight excluding hydrogens is 460 g/mol. The summed E-state index contributed by atoms with van der Waals surface area (Å²) in [7, 11) is -2.16. The summed E-state index contributed by atoms with van der Waals surface area (Å²) in [6.45, 7) is -0.0488. The Hall–Kier alpha value is -2.54. The van der Waals surface area contributed by atoms with Crippen LogP contribution < -0.4 is 18.9 Å². The van der Waals surface area contributed by atoms with Gasteiger partial charge < -0.3 is 18.9 Å². The average molecular weight is 487 g/mol. The first-order valence-electron chi connectivity index (χ1n) is 9.63. The highest BCUT2D eigenvalue weighted by molar-refractivity contribution is 7.89. The fourth-order valence-corrected chi connectivity index (χ4v) is 6.55. The van der Waals surface area contributed by atoms with Gasteiger partial charge in [-0.05, 0) is 24.3 Å². The van der Waals surface area contributed by atoms with Gasteiger partial charge in [0, 0.05) is 38.3 Å². The average Bonchev–Trinajstić information content (AvgIpc) is 2.83. The summed E-state index contributed by atoms with van der Waals surface area (Å²) < 4.78 is 76.0. The van der Waals surface area contributed by atoms with E-state index in [4.69, 9.17) is 18.9 Å². The molecule has 1 saturated heterocycles. The van der Waals surface area contributed by atoms with Crippen molar-refractivity contribution in [2.75, 3.05) is 54.6 Å². The second-order valence-electron chi connectivity index (χ2n) is 6.84. The van der Waals surface area contributed by atoms with E-state index in [1.807, 2.05) is 0 Å². The van der Waals surface area contributed by atoms with E-state index in [1.165, 1.54) is 67.4 Å². The predicted molar refractivity (Wildman–Crippen MR) is 117 cm³/mol. The first-order chi connectivity index (χ1) is 15.2. The van der Waals surface area contributed by atoms with Crippen LogP contribution in [0, 0.1) is 0 Å². The van der Waals surface area contributed by atoms with Crippen LogP contribution >= 0.6 is 0 Å². The molecule has 0 radical (unpaired) electrons. The minimum absolute atomic E-state index is 0.00780. The highest BCUT2D eigenvalue weighted by atomic mass is 32.2. The first-order valence-corrected chi connectivity index (χ1v) is 12.5. The molecule has 32 heavy (non-hydrogen) atoms. The van der Waals surface area contributed by atoms with Gasteiger partial charge in [0.2, 0.25) is 20.0 Å². The third kappa shape index (κ3) is 4.49. The molecule has 1 aliphatic rings. The number of piperazine rings is 1. The van der Waals surface area contributed by atoms with E-state index in [-0.39, 0.29) is 47.5 Å². The summed E-state index contributed by atoms with van der Waals surface area (Å²) in [4.78, 5) is -0.0425. The molecule has 1 aliphatic heterocycles. The van der Waals surface area contributed by atoms with Crippen LogP contribution in [0.2, 0.25) is 0 Å². The van der Waals surface area contributed by atoms with Crippen molar-refractivity contribution in [3.05, 3.63) is 36.4 Å².